The van der Waals surface area contributed by atoms with E-state index in [1.165, 1.54) is 0 Å². The molecule has 1 aromatic carbocycles. The van der Waals surface area contributed by atoms with Crippen LogP contribution in [0.15, 0.2) is 30.5 Å². The van der Waals surface area contributed by atoms with Gasteiger partial charge in [0.1, 0.15) is 18.5 Å². The zero-order chi connectivity index (χ0) is 16.5. The number of aliphatic hydroxyl groups excluding tert-OH is 1. The van der Waals surface area contributed by atoms with Crippen LogP contribution in [0.5, 0.6) is 5.75 Å². The number of likely N-dealkylation sites (tertiary alicyclic amines) is 1. The fourth-order valence-corrected chi connectivity index (χ4v) is 3.74. The summed E-state index contributed by atoms with van der Waals surface area (Å²) in [5.41, 5.74) is 1.05. The molecule has 2 aliphatic rings. The Morgan fingerprint density at radius 1 is 1.38 bits per heavy atom. The third-order valence-electron chi connectivity index (χ3n) is 5.09. The number of H-pyrrole nitrogens is 1. The Morgan fingerprint density at radius 2 is 2.29 bits per heavy atom. The zero-order valence-corrected chi connectivity index (χ0v) is 14.0. The van der Waals surface area contributed by atoms with Crippen LogP contribution in [0.2, 0.25) is 0 Å². The highest BCUT2D eigenvalue weighted by Crippen LogP contribution is 2.22. The molecule has 3 heterocycles. The van der Waals surface area contributed by atoms with Crippen molar-refractivity contribution >= 4 is 10.9 Å². The number of aromatic amines is 1. The van der Waals surface area contributed by atoms with Gasteiger partial charge in [0.15, 0.2) is 0 Å². The van der Waals surface area contributed by atoms with Crippen molar-refractivity contribution < 1.29 is 14.6 Å². The van der Waals surface area contributed by atoms with Gasteiger partial charge in [-0.1, -0.05) is 0 Å². The molecule has 0 bridgehead atoms. The minimum atomic E-state index is -0.505. The third kappa shape index (κ3) is 3.28. The Kier molecular flexibility index (Phi) is 4.45. The minimum Gasteiger partial charge on any atom is -0.491 e. The molecule has 2 N–H and O–H groups in total. The van der Waals surface area contributed by atoms with Gasteiger partial charge in [-0.3, -0.25) is 9.80 Å². The lowest BCUT2D eigenvalue weighted by atomic mass is 10.1. The molecule has 0 amide bonds. The fourth-order valence-electron chi connectivity index (χ4n) is 3.74. The average molecular weight is 331 g/mol. The van der Waals surface area contributed by atoms with Crippen LogP contribution >= 0.6 is 0 Å². The van der Waals surface area contributed by atoms with Gasteiger partial charge in [0.25, 0.3) is 0 Å². The van der Waals surface area contributed by atoms with Gasteiger partial charge in [-0.05, 0) is 30.6 Å². The predicted molar refractivity (Wildman–Crippen MR) is 92.4 cm³/mol. The number of morpholine rings is 1. The molecule has 130 valence electrons. The lowest BCUT2D eigenvalue weighted by molar-refractivity contribution is -0.0372. The Morgan fingerprint density at radius 3 is 3.17 bits per heavy atom. The molecule has 4 rings (SSSR count). The summed E-state index contributed by atoms with van der Waals surface area (Å²) in [6.07, 6.45) is 1.68. The molecule has 24 heavy (non-hydrogen) atoms. The van der Waals surface area contributed by atoms with Crippen LogP contribution in [0.4, 0.5) is 0 Å². The van der Waals surface area contributed by atoms with E-state index in [4.69, 9.17) is 9.47 Å². The summed E-state index contributed by atoms with van der Waals surface area (Å²) in [7, 11) is 2.15. The average Bonchev–Trinajstić information content (AvgIpc) is 3.19. The molecule has 2 saturated heterocycles. The van der Waals surface area contributed by atoms with E-state index in [-0.39, 0.29) is 6.10 Å². The summed E-state index contributed by atoms with van der Waals surface area (Å²) in [6, 6.07) is 8.40. The number of β-amino-alcohol motifs (C(OH)–C–C–N with tert-alkyl or cyclic N) is 1. The van der Waals surface area contributed by atoms with E-state index >= 15 is 0 Å². The van der Waals surface area contributed by atoms with Gasteiger partial charge >= 0.3 is 0 Å². The van der Waals surface area contributed by atoms with Crippen molar-refractivity contribution in [2.75, 3.05) is 46.4 Å². The van der Waals surface area contributed by atoms with Crippen LogP contribution in [-0.4, -0.2) is 84.6 Å². The molecule has 2 aromatic rings. The van der Waals surface area contributed by atoms with Gasteiger partial charge < -0.3 is 19.6 Å². The van der Waals surface area contributed by atoms with Crippen molar-refractivity contribution in [2.24, 2.45) is 0 Å². The first-order valence-corrected chi connectivity index (χ1v) is 8.61. The molecule has 3 atom stereocenters. The number of nitrogens with zero attached hydrogens (tertiary/aromatic N) is 2. The van der Waals surface area contributed by atoms with Gasteiger partial charge in [0, 0.05) is 50.0 Å². The first kappa shape index (κ1) is 15.9. The lowest BCUT2D eigenvalue weighted by Crippen LogP contribution is -2.48. The molecule has 2 fully saturated rings. The Bertz CT molecular complexity index is 689. The summed E-state index contributed by atoms with van der Waals surface area (Å²) < 4.78 is 11.6. The second kappa shape index (κ2) is 6.72. The summed E-state index contributed by atoms with van der Waals surface area (Å²) >= 11 is 0. The standard InChI is InChI=1S/C18H25N3O3/c1-20-6-7-23-18-11-21(10-17(18)20)9-14(22)12-24-15-3-2-13-4-5-19-16(13)8-15/h2-5,8,14,17-19,22H,6-7,9-12H2,1H3/t14?,17-,18+/m0/s1. The number of aromatic nitrogens is 1. The maximum atomic E-state index is 10.3. The number of ether oxygens (including phenoxy) is 2. The molecule has 0 radical (unpaired) electrons. The van der Waals surface area contributed by atoms with Crippen molar-refractivity contribution in [1.29, 1.82) is 0 Å². The molecule has 2 aliphatic heterocycles. The van der Waals surface area contributed by atoms with E-state index in [1.807, 2.05) is 30.5 Å². The Balaban J connectivity index is 1.28. The number of rotatable bonds is 5. The maximum absolute atomic E-state index is 10.3. The number of fused-ring (bicyclic) bond motifs is 2. The molecule has 1 unspecified atom stereocenters. The van der Waals surface area contributed by atoms with Crippen LogP contribution in [-0.2, 0) is 4.74 Å². The van der Waals surface area contributed by atoms with Crippen molar-refractivity contribution in [3.05, 3.63) is 30.5 Å². The second-order valence-corrected chi connectivity index (χ2v) is 6.87. The Hall–Kier alpha value is -1.60. The van der Waals surface area contributed by atoms with E-state index < -0.39 is 6.10 Å². The van der Waals surface area contributed by atoms with Crippen molar-refractivity contribution in [2.45, 2.75) is 18.2 Å². The number of aliphatic hydroxyl groups is 1. The van der Waals surface area contributed by atoms with Crippen molar-refractivity contribution in [1.82, 2.24) is 14.8 Å². The van der Waals surface area contributed by atoms with E-state index in [0.29, 0.717) is 19.2 Å². The van der Waals surface area contributed by atoms with Crippen LogP contribution in [0.3, 0.4) is 0 Å². The highest BCUT2D eigenvalue weighted by Gasteiger charge is 2.38. The first-order chi connectivity index (χ1) is 11.7. The van der Waals surface area contributed by atoms with Crippen LogP contribution in [0.1, 0.15) is 0 Å². The van der Waals surface area contributed by atoms with E-state index in [9.17, 15) is 5.11 Å². The number of hydrogen-bond acceptors (Lipinski definition) is 5. The molecule has 0 spiro atoms. The summed E-state index contributed by atoms with van der Waals surface area (Å²) in [5.74, 6) is 0.780. The van der Waals surface area contributed by atoms with Gasteiger partial charge in [-0.2, -0.15) is 0 Å². The van der Waals surface area contributed by atoms with Gasteiger partial charge in [0.05, 0.1) is 12.7 Å². The van der Waals surface area contributed by atoms with E-state index in [1.54, 1.807) is 0 Å². The predicted octanol–water partition coefficient (Wildman–Crippen LogP) is 0.922. The van der Waals surface area contributed by atoms with Gasteiger partial charge in [0.2, 0.25) is 0 Å². The maximum Gasteiger partial charge on any atom is 0.121 e. The van der Waals surface area contributed by atoms with Crippen LogP contribution < -0.4 is 4.74 Å². The molecule has 0 aliphatic carbocycles. The van der Waals surface area contributed by atoms with Crippen molar-refractivity contribution in [3.8, 4) is 5.75 Å². The number of likely N-dealkylation sites (N-methyl/N-ethyl adjacent to an activating group) is 1. The van der Waals surface area contributed by atoms with E-state index in [0.717, 1.165) is 42.9 Å². The summed E-state index contributed by atoms with van der Waals surface area (Å²) in [5, 5.41) is 11.5. The topological polar surface area (TPSA) is 61.0 Å². The molecular weight excluding hydrogens is 306 g/mol. The largest absolute Gasteiger partial charge is 0.491 e. The monoisotopic (exact) mass is 331 g/mol. The second-order valence-electron chi connectivity index (χ2n) is 6.87. The SMILES string of the molecule is CN1CCO[C@@H]2CN(CC(O)COc3ccc4cc[nH]c4c3)C[C@@H]21. The van der Waals surface area contributed by atoms with E-state index in [2.05, 4.69) is 21.8 Å². The quantitative estimate of drug-likeness (QED) is 0.853. The molecule has 1 aromatic heterocycles. The Labute approximate surface area is 142 Å². The normalized spacial score (nSPS) is 26.6. The summed E-state index contributed by atoms with van der Waals surface area (Å²) in [6.45, 7) is 4.55. The fraction of sp³-hybridized carbons (Fsp3) is 0.556. The highest BCUT2D eigenvalue weighted by molar-refractivity contribution is 5.80. The van der Waals surface area contributed by atoms with Gasteiger partial charge in [-0.25, -0.2) is 0 Å². The minimum absolute atomic E-state index is 0.271. The van der Waals surface area contributed by atoms with Crippen LogP contribution in [0.25, 0.3) is 10.9 Å². The zero-order valence-electron chi connectivity index (χ0n) is 14.0. The smallest absolute Gasteiger partial charge is 0.121 e. The molecule has 0 saturated carbocycles. The highest BCUT2D eigenvalue weighted by atomic mass is 16.5. The van der Waals surface area contributed by atoms with Gasteiger partial charge in [-0.15, -0.1) is 0 Å². The number of hydrogen-bond donors (Lipinski definition) is 2. The third-order valence-corrected chi connectivity index (χ3v) is 5.09. The molecular formula is C18H25N3O3. The number of nitrogens with one attached hydrogen (secondary N) is 1. The first-order valence-electron chi connectivity index (χ1n) is 8.61. The van der Waals surface area contributed by atoms with Crippen molar-refractivity contribution in [3.63, 3.8) is 0 Å². The molecule has 6 heteroatoms. The van der Waals surface area contributed by atoms with Crippen LogP contribution in [0, 0.1) is 0 Å². The summed E-state index contributed by atoms with van der Waals surface area (Å²) in [4.78, 5) is 7.81. The molecule has 6 nitrogen and oxygen atoms in total. The number of benzene rings is 1. The lowest BCUT2D eigenvalue weighted by Gasteiger charge is -2.33.